The van der Waals surface area contributed by atoms with Crippen LogP contribution in [0.3, 0.4) is 0 Å². The first-order chi connectivity index (χ1) is 8.15. The van der Waals surface area contributed by atoms with E-state index in [9.17, 15) is 9.18 Å². The van der Waals surface area contributed by atoms with E-state index in [1.807, 2.05) is 0 Å². The number of hydrogen-bond donors (Lipinski definition) is 2. The van der Waals surface area contributed by atoms with Crippen molar-refractivity contribution in [2.24, 2.45) is 0 Å². The molecule has 92 valence electrons. The quantitative estimate of drug-likeness (QED) is 0.450. The van der Waals surface area contributed by atoms with Gasteiger partial charge in [-0.25, -0.2) is 4.39 Å². The van der Waals surface area contributed by atoms with Gasteiger partial charge in [0.25, 0.3) is 5.91 Å². The molecule has 3 N–H and O–H groups in total. The summed E-state index contributed by atoms with van der Waals surface area (Å²) < 4.78 is 17.8. The molecule has 0 saturated carbocycles. The van der Waals surface area contributed by atoms with E-state index in [4.69, 9.17) is 10.5 Å². The van der Waals surface area contributed by atoms with Crippen LogP contribution in [-0.4, -0.2) is 19.1 Å². The molecule has 0 fully saturated rings. The Kier molecular flexibility index (Phi) is 5.00. The number of nitrogens with two attached hydrogens (primary N) is 1. The lowest BCUT2D eigenvalue weighted by Gasteiger charge is -2.07. The topological polar surface area (TPSA) is 64.3 Å². The van der Waals surface area contributed by atoms with Crippen molar-refractivity contribution in [1.82, 2.24) is 5.32 Å². The van der Waals surface area contributed by atoms with Gasteiger partial charge in [0.2, 0.25) is 0 Å². The molecular formula is C12H15FN2O2. The van der Waals surface area contributed by atoms with E-state index in [-0.39, 0.29) is 17.2 Å². The van der Waals surface area contributed by atoms with Gasteiger partial charge in [0.1, 0.15) is 5.82 Å². The number of carbonyl (C=O) groups excluding carboxylic acids is 1. The molecule has 0 radical (unpaired) electrons. The molecule has 0 unspecified atom stereocenters. The van der Waals surface area contributed by atoms with Crippen LogP contribution in [0.4, 0.5) is 10.1 Å². The third kappa shape index (κ3) is 4.14. The minimum atomic E-state index is -0.487. The summed E-state index contributed by atoms with van der Waals surface area (Å²) in [5.74, 6) is -0.875. The highest BCUT2D eigenvalue weighted by Gasteiger charge is 2.09. The van der Waals surface area contributed by atoms with Gasteiger partial charge >= 0.3 is 0 Å². The van der Waals surface area contributed by atoms with Crippen molar-refractivity contribution >= 4 is 11.6 Å². The van der Waals surface area contributed by atoms with Gasteiger partial charge in [-0.1, -0.05) is 6.58 Å². The third-order valence-corrected chi connectivity index (χ3v) is 2.10. The van der Waals surface area contributed by atoms with Crippen molar-refractivity contribution in [2.75, 3.05) is 18.9 Å². The van der Waals surface area contributed by atoms with E-state index >= 15 is 0 Å². The standard InChI is InChI=1S/C12H15FN2O2/c1-2-17-7-3-6-15-12(16)10-8-9(13)4-5-11(10)14/h2,4-5,8H,1,3,6-7,14H2,(H,15,16). The number of carbonyl (C=O) groups is 1. The van der Waals surface area contributed by atoms with Gasteiger partial charge < -0.3 is 15.8 Å². The van der Waals surface area contributed by atoms with Crippen molar-refractivity contribution in [3.63, 3.8) is 0 Å². The first-order valence-electron chi connectivity index (χ1n) is 5.21. The van der Waals surface area contributed by atoms with Crippen LogP contribution in [0.25, 0.3) is 0 Å². The molecular weight excluding hydrogens is 223 g/mol. The van der Waals surface area contributed by atoms with Gasteiger partial charge in [-0.2, -0.15) is 0 Å². The molecule has 17 heavy (non-hydrogen) atoms. The highest BCUT2D eigenvalue weighted by atomic mass is 19.1. The summed E-state index contributed by atoms with van der Waals surface area (Å²) >= 11 is 0. The fourth-order valence-corrected chi connectivity index (χ4v) is 1.26. The first kappa shape index (κ1) is 13.0. The lowest BCUT2D eigenvalue weighted by molar-refractivity contribution is 0.0951. The second-order valence-electron chi connectivity index (χ2n) is 3.38. The minimum Gasteiger partial charge on any atom is -0.502 e. The monoisotopic (exact) mass is 238 g/mol. The summed E-state index contributed by atoms with van der Waals surface area (Å²) in [5.41, 5.74) is 5.98. The van der Waals surface area contributed by atoms with Gasteiger partial charge in [0, 0.05) is 12.2 Å². The summed E-state index contributed by atoms with van der Waals surface area (Å²) in [4.78, 5) is 11.6. The molecule has 0 aliphatic heterocycles. The number of hydrogen-bond acceptors (Lipinski definition) is 3. The number of ether oxygens (including phenoxy) is 1. The van der Waals surface area contributed by atoms with Gasteiger partial charge in [-0.15, -0.1) is 0 Å². The SMILES string of the molecule is C=COCCCNC(=O)c1cc(F)ccc1N. The van der Waals surface area contributed by atoms with E-state index in [0.717, 1.165) is 6.07 Å². The Labute approximate surface area is 99.3 Å². The van der Waals surface area contributed by atoms with Crippen molar-refractivity contribution in [3.8, 4) is 0 Å². The maximum Gasteiger partial charge on any atom is 0.253 e. The lowest BCUT2D eigenvalue weighted by Crippen LogP contribution is -2.26. The Morgan fingerprint density at radius 3 is 3.06 bits per heavy atom. The van der Waals surface area contributed by atoms with Crippen LogP contribution in [-0.2, 0) is 4.74 Å². The summed E-state index contributed by atoms with van der Waals surface area (Å²) in [6.45, 7) is 4.30. The molecule has 0 saturated heterocycles. The van der Waals surface area contributed by atoms with E-state index in [0.29, 0.717) is 19.6 Å². The van der Waals surface area contributed by atoms with Crippen LogP contribution in [0.1, 0.15) is 16.8 Å². The molecule has 0 heterocycles. The highest BCUT2D eigenvalue weighted by molar-refractivity contribution is 5.99. The number of benzene rings is 1. The number of rotatable bonds is 6. The Morgan fingerprint density at radius 1 is 1.59 bits per heavy atom. The molecule has 0 spiro atoms. The van der Waals surface area contributed by atoms with Gasteiger partial charge in [0.05, 0.1) is 18.4 Å². The Hall–Kier alpha value is -2.04. The average molecular weight is 238 g/mol. The van der Waals surface area contributed by atoms with Gasteiger partial charge in [0.15, 0.2) is 0 Å². The van der Waals surface area contributed by atoms with Crippen molar-refractivity contribution in [2.45, 2.75) is 6.42 Å². The molecule has 1 aromatic rings. The zero-order valence-corrected chi connectivity index (χ0v) is 9.41. The molecule has 5 heteroatoms. The fourth-order valence-electron chi connectivity index (χ4n) is 1.26. The van der Waals surface area contributed by atoms with Crippen LogP contribution < -0.4 is 11.1 Å². The highest BCUT2D eigenvalue weighted by Crippen LogP contribution is 2.12. The summed E-state index contributed by atoms with van der Waals surface area (Å²) in [6.07, 6.45) is 1.99. The fraction of sp³-hybridized carbons (Fsp3) is 0.250. The van der Waals surface area contributed by atoms with Crippen LogP contribution in [0, 0.1) is 5.82 Å². The minimum absolute atomic E-state index is 0.148. The Morgan fingerprint density at radius 2 is 2.35 bits per heavy atom. The van der Waals surface area contributed by atoms with Crippen molar-refractivity contribution < 1.29 is 13.9 Å². The van der Waals surface area contributed by atoms with Crippen LogP contribution in [0.5, 0.6) is 0 Å². The predicted molar refractivity (Wildman–Crippen MR) is 63.9 cm³/mol. The molecule has 4 nitrogen and oxygen atoms in total. The maximum absolute atomic E-state index is 12.9. The smallest absolute Gasteiger partial charge is 0.253 e. The number of halogens is 1. The number of anilines is 1. The zero-order chi connectivity index (χ0) is 12.7. The second-order valence-corrected chi connectivity index (χ2v) is 3.38. The summed E-state index contributed by atoms with van der Waals surface area (Å²) in [5, 5.41) is 2.63. The molecule has 0 aliphatic carbocycles. The summed E-state index contributed by atoms with van der Waals surface area (Å²) in [7, 11) is 0. The predicted octanol–water partition coefficient (Wildman–Crippen LogP) is 1.69. The number of nitrogens with one attached hydrogen (secondary N) is 1. The molecule has 1 amide bonds. The first-order valence-corrected chi connectivity index (χ1v) is 5.21. The zero-order valence-electron chi connectivity index (χ0n) is 9.41. The van der Waals surface area contributed by atoms with Gasteiger partial charge in [-0.05, 0) is 24.6 Å². The second kappa shape index (κ2) is 6.52. The molecule has 1 rings (SSSR count). The summed E-state index contributed by atoms with van der Waals surface area (Å²) in [6, 6.07) is 3.69. The van der Waals surface area contributed by atoms with E-state index < -0.39 is 5.82 Å². The molecule has 1 aromatic carbocycles. The van der Waals surface area contributed by atoms with Crippen LogP contribution in [0.2, 0.25) is 0 Å². The normalized spacial score (nSPS) is 9.71. The third-order valence-electron chi connectivity index (χ3n) is 2.10. The maximum atomic E-state index is 12.9. The van der Waals surface area contributed by atoms with Crippen molar-refractivity contribution in [3.05, 3.63) is 42.4 Å². The van der Waals surface area contributed by atoms with E-state index in [1.54, 1.807) is 0 Å². The largest absolute Gasteiger partial charge is 0.502 e. The Bertz CT molecular complexity index is 407. The van der Waals surface area contributed by atoms with E-state index in [1.165, 1.54) is 18.4 Å². The van der Waals surface area contributed by atoms with Crippen LogP contribution >= 0.6 is 0 Å². The Balaban J connectivity index is 2.46. The number of amides is 1. The molecule has 0 atom stereocenters. The molecule has 0 bridgehead atoms. The van der Waals surface area contributed by atoms with Crippen molar-refractivity contribution in [1.29, 1.82) is 0 Å². The number of nitrogen functional groups attached to an aromatic ring is 1. The molecule has 0 aromatic heterocycles. The molecule has 0 aliphatic rings. The van der Waals surface area contributed by atoms with E-state index in [2.05, 4.69) is 11.9 Å². The van der Waals surface area contributed by atoms with Gasteiger partial charge in [-0.3, -0.25) is 4.79 Å². The lowest BCUT2D eigenvalue weighted by atomic mass is 10.1. The average Bonchev–Trinajstić information content (AvgIpc) is 2.32. The van der Waals surface area contributed by atoms with Crippen LogP contribution in [0.15, 0.2) is 31.0 Å².